The van der Waals surface area contributed by atoms with E-state index in [4.69, 9.17) is 0 Å². The number of benzene rings is 2. The van der Waals surface area contributed by atoms with E-state index in [0.717, 1.165) is 17.7 Å². The van der Waals surface area contributed by atoms with E-state index < -0.39 is 23.7 Å². The third-order valence-corrected chi connectivity index (χ3v) is 5.33. The lowest BCUT2D eigenvalue weighted by Crippen LogP contribution is -2.49. The third kappa shape index (κ3) is 4.20. The summed E-state index contributed by atoms with van der Waals surface area (Å²) >= 11 is 0. The molecule has 1 atom stereocenters. The van der Waals surface area contributed by atoms with Crippen LogP contribution >= 0.6 is 0 Å². The second-order valence-corrected chi connectivity index (χ2v) is 7.10. The molecule has 3 amide bonds. The minimum atomic E-state index is -1.00. The Hall–Kier alpha value is -3.22. The largest absolute Gasteiger partial charge is 0.339 e. The van der Waals surface area contributed by atoms with Crippen molar-refractivity contribution in [2.24, 2.45) is 0 Å². The van der Waals surface area contributed by atoms with Crippen LogP contribution < -0.4 is 5.32 Å². The molecule has 2 aromatic rings. The number of hydrogen-bond donors (Lipinski definition) is 1. The molecule has 0 bridgehead atoms. The summed E-state index contributed by atoms with van der Waals surface area (Å²) < 4.78 is 28.0. The van der Waals surface area contributed by atoms with Crippen molar-refractivity contribution in [1.82, 2.24) is 15.1 Å². The molecule has 5 nitrogen and oxygen atoms in total. The fourth-order valence-electron chi connectivity index (χ4n) is 3.66. The summed E-state index contributed by atoms with van der Waals surface area (Å²) in [4.78, 5) is 29.3. The molecule has 0 saturated heterocycles. The zero-order valence-electron chi connectivity index (χ0n) is 17.3. The highest BCUT2D eigenvalue weighted by Crippen LogP contribution is 2.34. The highest BCUT2D eigenvalue weighted by atomic mass is 19.1. The van der Waals surface area contributed by atoms with Gasteiger partial charge in [0.1, 0.15) is 11.6 Å². The van der Waals surface area contributed by atoms with Gasteiger partial charge in [-0.05, 0) is 32.4 Å². The van der Waals surface area contributed by atoms with Crippen LogP contribution in [0.25, 0.3) is 0 Å². The molecule has 0 spiro atoms. The van der Waals surface area contributed by atoms with Gasteiger partial charge in [-0.25, -0.2) is 13.6 Å². The third-order valence-electron chi connectivity index (χ3n) is 5.33. The Morgan fingerprint density at radius 2 is 1.77 bits per heavy atom. The molecule has 7 heteroatoms. The maximum atomic E-state index is 14.6. The van der Waals surface area contributed by atoms with Gasteiger partial charge in [0.25, 0.3) is 5.91 Å². The van der Waals surface area contributed by atoms with Crippen LogP contribution in [0.1, 0.15) is 37.9 Å². The van der Waals surface area contributed by atoms with Gasteiger partial charge in [0.05, 0.1) is 18.2 Å². The number of hydrogen-bond acceptors (Lipinski definition) is 2. The van der Waals surface area contributed by atoms with E-state index in [1.807, 2.05) is 44.2 Å². The number of rotatable bonds is 6. The molecule has 3 rings (SSSR count). The molecular weight excluding hydrogens is 388 g/mol. The number of nitrogens with one attached hydrogen (secondary N) is 1. The Kier molecular flexibility index (Phi) is 6.50. The Labute approximate surface area is 175 Å². The van der Waals surface area contributed by atoms with Gasteiger partial charge in [0.2, 0.25) is 0 Å². The molecule has 1 aliphatic rings. The monoisotopic (exact) mass is 413 g/mol. The van der Waals surface area contributed by atoms with E-state index in [0.29, 0.717) is 18.8 Å². The molecule has 0 aliphatic carbocycles. The van der Waals surface area contributed by atoms with Crippen LogP contribution in [-0.4, -0.2) is 34.8 Å². The molecule has 1 aliphatic heterocycles. The molecule has 30 heavy (non-hydrogen) atoms. The molecule has 0 aromatic heterocycles. The molecular formula is C23H25F2N3O2. The van der Waals surface area contributed by atoms with Crippen LogP contribution in [0.4, 0.5) is 13.6 Å². The van der Waals surface area contributed by atoms with Crippen LogP contribution in [-0.2, 0) is 11.3 Å². The zero-order valence-corrected chi connectivity index (χ0v) is 17.3. The van der Waals surface area contributed by atoms with Crippen molar-refractivity contribution in [3.8, 4) is 0 Å². The Morgan fingerprint density at radius 3 is 2.37 bits per heavy atom. The summed E-state index contributed by atoms with van der Waals surface area (Å²) in [7, 11) is 0. The first kappa shape index (κ1) is 21.5. The molecule has 1 unspecified atom stereocenters. The molecule has 1 heterocycles. The number of urea groups is 1. The average molecular weight is 413 g/mol. The summed E-state index contributed by atoms with van der Waals surface area (Å²) in [5.74, 6) is -1.82. The molecule has 2 aromatic carbocycles. The van der Waals surface area contributed by atoms with Gasteiger partial charge in [-0.3, -0.25) is 9.69 Å². The fourth-order valence-corrected chi connectivity index (χ4v) is 3.66. The van der Waals surface area contributed by atoms with Crippen LogP contribution in [0.15, 0.2) is 59.8 Å². The van der Waals surface area contributed by atoms with E-state index in [9.17, 15) is 18.4 Å². The van der Waals surface area contributed by atoms with E-state index in [1.165, 1.54) is 11.0 Å². The van der Waals surface area contributed by atoms with Crippen LogP contribution in [0.3, 0.4) is 0 Å². The number of nitrogens with zero attached hydrogens (tertiary/aromatic N) is 2. The number of likely N-dealkylation sites (N-methyl/N-ethyl adjacent to an activating group) is 1. The van der Waals surface area contributed by atoms with Crippen molar-refractivity contribution in [2.75, 3.05) is 13.1 Å². The molecule has 0 saturated carbocycles. The highest BCUT2D eigenvalue weighted by molar-refractivity contribution is 5.98. The van der Waals surface area contributed by atoms with Gasteiger partial charge in [-0.15, -0.1) is 0 Å². The maximum absolute atomic E-state index is 14.6. The highest BCUT2D eigenvalue weighted by Gasteiger charge is 2.38. The Bertz CT molecular complexity index is 972. The minimum Gasteiger partial charge on any atom is -0.339 e. The van der Waals surface area contributed by atoms with Crippen molar-refractivity contribution in [1.29, 1.82) is 0 Å². The first-order valence-electron chi connectivity index (χ1n) is 9.94. The number of carbonyl (C=O) groups excluding carboxylic acids is 2. The van der Waals surface area contributed by atoms with Crippen molar-refractivity contribution in [2.45, 2.75) is 33.4 Å². The lowest BCUT2D eigenvalue weighted by molar-refractivity contribution is -0.127. The molecule has 1 N–H and O–H groups in total. The smallest absolute Gasteiger partial charge is 0.322 e. The van der Waals surface area contributed by atoms with Crippen molar-refractivity contribution < 1.29 is 18.4 Å². The Morgan fingerprint density at radius 1 is 1.10 bits per heavy atom. The van der Waals surface area contributed by atoms with Crippen molar-refractivity contribution in [3.05, 3.63) is 82.6 Å². The average Bonchev–Trinajstić information content (AvgIpc) is 2.72. The van der Waals surface area contributed by atoms with Gasteiger partial charge >= 0.3 is 6.03 Å². The van der Waals surface area contributed by atoms with Crippen molar-refractivity contribution >= 4 is 11.9 Å². The van der Waals surface area contributed by atoms with Crippen molar-refractivity contribution in [3.63, 3.8) is 0 Å². The minimum absolute atomic E-state index is 0.0546. The summed E-state index contributed by atoms with van der Waals surface area (Å²) in [5.41, 5.74) is 1.68. The SMILES string of the molecule is CCN(CC)C(=O)C1=C(C)N(Cc2ccccc2)C(=O)NC1c1ccc(F)cc1F. The topological polar surface area (TPSA) is 52.7 Å². The molecule has 0 fully saturated rings. The van der Waals surface area contributed by atoms with E-state index >= 15 is 0 Å². The lowest BCUT2D eigenvalue weighted by atomic mass is 9.93. The second kappa shape index (κ2) is 9.07. The van der Waals surface area contributed by atoms with Crippen LogP contribution in [0.5, 0.6) is 0 Å². The predicted octanol–water partition coefficient (Wildman–Crippen LogP) is 4.37. The van der Waals surface area contributed by atoms with Gasteiger partial charge in [0.15, 0.2) is 0 Å². The van der Waals surface area contributed by atoms with Gasteiger partial charge in [0, 0.05) is 30.4 Å². The molecule has 0 radical (unpaired) electrons. The summed E-state index contributed by atoms with van der Waals surface area (Å²) in [5, 5.41) is 2.75. The van der Waals surface area contributed by atoms with Gasteiger partial charge in [-0.1, -0.05) is 36.4 Å². The van der Waals surface area contributed by atoms with E-state index in [1.54, 1.807) is 11.8 Å². The number of amides is 3. The number of carbonyl (C=O) groups is 2. The molecule has 158 valence electrons. The van der Waals surface area contributed by atoms with Crippen LogP contribution in [0.2, 0.25) is 0 Å². The fraction of sp³-hybridized carbons (Fsp3) is 0.304. The quantitative estimate of drug-likeness (QED) is 0.764. The normalized spacial score (nSPS) is 16.5. The van der Waals surface area contributed by atoms with Gasteiger partial charge < -0.3 is 10.2 Å². The zero-order chi connectivity index (χ0) is 21.8. The summed E-state index contributed by atoms with van der Waals surface area (Å²) in [6.07, 6.45) is 0. The first-order chi connectivity index (χ1) is 14.4. The predicted molar refractivity (Wildman–Crippen MR) is 110 cm³/mol. The van der Waals surface area contributed by atoms with Crippen LogP contribution in [0, 0.1) is 11.6 Å². The maximum Gasteiger partial charge on any atom is 0.322 e. The van der Waals surface area contributed by atoms with E-state index in [2.05, 4.69) is 5.32 Å². The lowest BCUT2D eigenvalue weighted by Gasteiger charge is -2.37. The second-order valence-electron chi connectivity index (χ2n) is 7.10. The number of allylic oxidation sites excluding steroid dienone is 1. The first-order valence-corrected chi connectivity index (χ1v) is 9.94. The standard InChI is InChI=1S/C23H25F2N3O2/c1-4-27(5-2)22(29)20-15(3)28(14-16-9-7-6-8-10-16)23(30)26-21(20)18-12-11-17(24)13-19(18)25/h6-13,21H,4-5,14H2,1-3H3,(H,26,30). The van der Waals surface area contributed by atoms with E-state index in [-0.39, 0.29) is 23.6 Å². The number of halogens is 2. The van der Waals surface area contributed by atoms with Gasteiger partial charge in [-0.2, -0.15) is 0 Å². The summed E-state index contributed by atoms with van der Waals surface area (Å²) in [6.45, 7) is 6.61. The summed E-state index contributed by atoms with van der Waals surface area (Å²) in [6, 6.07) is 11.1. The Balaban J connectivity index is 2.11.